The minimum absolute atomic E-state index is 0.0960. The van der Waals surface area contributed by atoms with Gasteiger partial charge in [-0.25, -0.2) is 0 Å². The van der Waals surface area contributed by atoms with Gasteiger partial charge in [-0.05, 0) is 54.9 Å². The first-order valence-corrected chi connectivity index (χ1v) is 8.47. The van der Waals surface area contributed by atoms with E-state index in [-0.39, 0.29) is 6.04 Å². The zero-order valence-corrected chi connectivity index (χ0v) is 15.6. The molecule has 4 heteroatoms. The van der Waals surface area contributed by atoms with Crippen molar-refractivity contribution in [1.29, 1.82) is 0 Å². The van der Waals surface area contributed by atoms with Gasteiger partial charge in [0.05, 0.1) is 13.2 Å². The summed E-state index contributed by atoms with van der Waals surface area (Å²) in [5.74, 6) is 0.891. The zero-order valence-electron chi connectivity index (χ0n) is 12.4. The van der Waals surface area contributed by atoms with Gasteiger partial charge in [0, 0.05) is 14.5 Å². The van der Waals surface area contributed by atoms with Crippen LogP contribution in [0.2, 0.25) is 0 Å². The molecular formula is C17H19Br2NO. The van der Waals surface area contributed by atoms with Gasteiger partial charge in [-0.15, -0.1) is 0 Å². The minimum atomic E-state index is 0.0960. The fourth-order valence-corrected chi connectivity index (χ4v) is 3.48. The lowest BCUT2D eigenvalue weighted by atomic mass is 9.96. The Bertz CT molecular complexity index is 608. The third-order valence-corrected chi connectivity index (χ3v) is 4.26. The maximum absolute atomic E-state index is 5.54. The molecule has 1 N–H and O–H groups in total. The van der Waals surface area contributed by atoms with Crippen LogP contribution in [-0.2, 0) is 0 Å². The van der Waals surface area contributed by atoms with Crippen molar-refractivity contribution in [2.45, 2.75) is 19.9 Å². The van der Waals surface area contributed by atoms with Crippen molar-refractivity contribution in [3.8, 4) is 5.75 Å². The van der Waals surface area contributed by atoms with Crippen LogP contribution in [0.5, 0.6) is 5.75 Å². The number of aryl methyl sites for hydroxylation is 1. The SMILES string of the molecule is CCNC(c1cc(C)cc(Br)c1)c1cc(Br)ccc1OC. The normalized spacial score (nSPS) is 12.2. The summed E-state index contributed by atoms with van der Waals surface area (Å²) in [6, 6.07) is 12.7. The van der Waals surface area contributed by atoms with E-state index in [2.05, 4.69) is 75.3 Å². The summed E-state index contributed by atoms with van der Waals surface area (Å²) in [6.45, 7) is 5.10. The molecule has 1 atom stereocenters. The molecule has 1 unspecified atom stereocenters. The zero-order chi connectivity index (χ0) is 15.4. The lowest BCUT2D eigenvalue weighted by Gasteiger charge is -2.22. The monoisotopic (exact) mass is 411 g/mol. The van der Waals surface area contributed by atoms with Gasteiger partial charge >= 0.3 is 0 Å². The molecule has 0 radical (unpaired) electrons. The van der Waals surface area contributed by atoms with Crippen molar-refractivity contribution < 1.29 is 4.74 Å². The molecule has 0 aromatic heterocycles. The summed E-state index contributed by atoms with van der Waals surface area (Å²) >= 11 is 7.14. The second-order valence-corrected chi connectivity index (χ2v) is 6.77. The Hall–Kier alpha value is -0.840. The third-order valence-electron chi connectivity index (χ3n) is 3.31. The molecular weight excluding hydrogens is 394 g/mol. The quantitative estimate of drug-likeness (QED) is 0.725. The average molecular weight is 413 g/mol. The van der Waals surface area contributed by atoms with Gasteiger partial charge in [-0.2, -0.15) is 0 Å². The topological polar surface area (TPSA) is 21.3 Å². The number of rotatable bonds is 5. The third kappa shape index (κ3) is 4.09. The Balaban J connectivity index is 2.55. The summed E-state index contributed by atoms with van der Waals surface area (Å²) in [7, 11) is 1.71. The number of halogens is 2. The molecule has 0 saturated carbocycles. The van der Waals surface area contributed by atoms with Crippen molar-refractivity contribution in [2.75, 3.05) is 13.7 Å². The number of hydrogen-bond acceptors (Lipinski definition) is 2. The number of methoxy groups -OCH3 is 1. The number of hydrogen-bond donors (Lipinski definition) is 1. The Kier molecular flexibility index (Phi) is 5.85. The summed E-state index contributed by atoms with van der Waals surface area (Å²) in [4.78, 5) is 0. The molecule has 0 fully saturated rings. The largest absolute Gasteiger partial charge is 0.496 e. The maximum atomic E-state index is 5.54. The molecule has 0 aliphatic carbocycles. The van der Waals surface area contributed by atoms with Crippen molar-refractivity contribution in [1.82, 2.24) is 5.32 Å². The summed E-state index contributed by atoms with van der Waals surface area (Å²) in [6.07, 6.45) is 0. The first kappa shape index (κ1) is 16.5. The molecule has 2 nitrogen and oxygen atoms in total. The van der Waals surface area contributed by atoms with Crippen LogP contribution in [0.4, 0.5) is 0 Å². The van der Waals surface area contributed by atoms with Crippen LogP contribution in [-0.4, -0.2) is 13.7 Å². The van der Waals surface area contributed by atoms with Gasteiger partial charge in [0.15, 0.2) is 0 Å². The molecule has 112 valence electrons. The van der Waals surface area contributed by atoms with Crippen LogP contribution in [0, 0.1) is 6.92 Å². The molecule has 2 rings (SSSR count). The number of ether oxygens (including phenoxy) is 1. The highest BCUT2D eigenvalue weighted by atomic mass is 79.9. The van der Waals surface area contributed by atoms with Crippen molar-refractivity contribution in [3.05, 3.63) is 62.0 Å². The lowest BCUT2D eigenvalue weighted by Crippen LogP contribution is -2.22. The molecule has 0 aliphatic rings. The van der Waals surface area contributed by atoms with Gasteiger partial charge in [-0.3, -0.25) is 0 Å². The highest BCUT2D eigenvalue weighted by Gasteiger charge is 2.18. The van der Waals surface area contributed by atoms with E-state index >= 15 is 0 Å². The molecule has 0 heterocycles. The Morgan fingerprint density at radius 1 is 1.10 bits per heavy atom. The first-order chi connectivity index (χ1) is 10.0. The van der Waals surface area contributed by atoms with Gasteiger partial charge < -0.3 is 10.1 Å². The van der Waals surface area contributed by atoms with Crippen molar-refractivity contribution in [3.63, 3.8) is 0 Å². The van der Waals surface area contributed by atoms with Crippen LogP contribution >= 0.6 is 31.9 Å². The molecule has 0 bridgehead atoms. The first-order valence-electron chi connectivity index (χ1n) is 6.89. The fraction of sp³-hybridized carbons (Fsp3) is 0.294. The van der Waals surface area contributed by atoms with Crippen LogP contribution in [0.15, 0.2) is 45.3 Å². The smallest absolute Gasteiger partial charge is 0.124 e. The van der Waals surface area contributed by atoms with Crippen LogP contribution < -0.4 is 10.1 Å². The molecule has 2 aromatic carbocycles. The van der Waals surface area contributed by atoms with E-state index in [0.717, 1.165) is 26.8 Å². The summed E-state index contributed by atoms with van der Waals surface area (Å²) in [5.41, 5.74) is 3.59. The van der Waals surface area contributed by atoms with E-state index < -0.39 is 0 Å². The minimum Gasteiger partial charge on any atom is -0.496 e. The van der Waals surface area contributed by atoms with E-state index in [1.165, 1.54) is 11.1 Å². The van der Waals surface area contributed by atoms with Gasteiger partial charge in [0.1, 0.15) is 5.75 Å². The molecule has 0 spiro atoms. The van der Waals surface area contributed by atoms with E-state index in [0.29, 0.717) is 0 Å². The van der Waals surface area contributed by atoms with E-state index in [1.807, 2.05) is 12.1 Å². The Morgan fingerprint density at radius 3 is 2.48 bits per heavy atom. The fourth-order valence-electron chi connectivity index (χ4n) is 2.47. The van der Waals surface area contributed by atoms with Gasteiger partial charge in [0.2, 0.25) is 0 Å². The lowest BCUT2D eigenvalue weighted by molar-refractivity contribution is 0.404. The summed E-state index contributed by atoms with van der Waals surface area (Å²) < 4.78 is 7.68. The molecule has 0 aliphatic heterocycles. The van der Waals surface area contributed by atoms with Crippen LogP contribution in [0.25, 0.3) is 0 Å². The van der Waals surface area contributed by atoms with Crippen LogP contribution in [0.1, 0.15) is 29.7 Å². The highest BCUT2D eigenvalue weighted by Crippen LogP contribution is 2.33. The van der Waals surface area contributed by atoms with E-state index in [4.69, 9.17) is 4.74 Å². The van der Waals surface area contributed by atoms with E-state index in [1.54, 1.807) is 7.11 Å². The molecule has 0 saturated heterocycles. The number of benzene rings is 2. The highest BCUT2D eigenvalue weighted by molar-refractivity contribution is 9.10. The standard InChI is InChI=1S/C17H19Br2NO/c1-4-20-17(12-7-11(2)8-14(19)9-12)15-10-13(18)5-6-16(15)21-3/h5-10,17,20H,4H2,1-3H3. The molecule has 2 aromatic rings. The number of nitrogens with one attached hydrogen (secondary N) is 1. The van der Waals surface area contributed by atoms with Crippen LogP contribution in [0.3, 0.4) is 0 Å². The molecule has 0 amide bonds. The second-order valence-electron chi connectivity index (χ2n) is 4.94. The van der Waals surface area contributed by atoms with Gasteiger partial charge in [0.25, 0.3) is 0 Å². The Morgan fingerprint density at radius 2 is 1.86 bits per heavy atom. The second kappa shape index (κ2) is 7.43. The van der Waals surface area contributed by atoms with Gasteiger partial charge in [-0.1, -0.05) is 44.8 Å². The van der Waals surface area contributed by atoms with E-state index in [9.17, 15) is 0 Å². The Labute approximate surface area is 143 Å². The average Bonchev–Trinajstić information content (AvgIpc) is 2.43. The van der Waals surface area contributed by atoms with Crippen molar-refractivity contribution >= 4 is 31.9 Å². The predicted molar refractivity (Wildman–Crippen MR) is 95.1 cm³/mol. The predicted octanol–water partition coefficient (Wildman–Crippen LogP) is 5.23. The van der Waals surface area contributed by atoms with Crippen molar-refractivity contribution in [2.24, 2.45) is 0 Å². The summed E-state index contributed by atoms with van der Waals surface area (Å²) in [5, 5.41) is 3.55. The molecule has 21 heavy (non-hydrogen) atoms. The maximum Gasteiger partial charge on any atom is 0.124 e.